The number of rotatable bonds is 8. The van der Waals surface area contributed by atoms with Crippen LogP contribution in [-0.2, 0) is 0 Å². The number of nitrogens with zero attached hydrogens (tertiary/aromatic N) is 2. The van der Waals surface area contributed by atoms with Gasteiger partial charge >= 0.3 is 0 Å². The minimum absolute atomic E-state index is 0. The number of anilines is 1. The first kappa shape index (κ1) is 27.7. The topological polar surface area (TPSA) is 66.2 Å². The van der Waals surface area contributed by atoms with Crippen LogP contribution in [-0.4, -0.2) is 49.8 Å². The highest BCUT2D eigenvalue weighted by molar-refractivity contribution is 5.85. The van der Waals surface area contributed by atoms with Crippen LogP contribution in [0.3, 0.4) is 0 Å². The van der Waals surface area contributed by atoms with Crippen LogP contribution in [0.2, 0.25) is 0 Å². The molecule has 7 heteroatoms. The van der Waals surface area contributed by atoms with E-state index < -0.39 is 6.10 Å². The summed E-state index contributed by atoms with van der Waals surface area (Å²) in [5.74, 6) is 1.47. The van der Waals surface area contributed by atoms with Crippen molar-refractivity contribution < 1.29 is 14.3 Å². The molecule has 1 unspecified atom stereocenters. The van der Waals surface area contributed by atoms with Gasteiger partial charge in [0.25, 0.3) is 0 Å². The van der Waals surface area contributed by atoms with Crippen LogP contribution in [0.5, 0.6) is 5.75 Å². The Morgan fingerprint density at radius 1 is 0.947 bits per heavy atom. The molecule has 6 nitrogen and oxygen atoms in total. The number of fused-ring (bicyclic) bond motifs is 1. The standard InChI is InChI=1S/C31H34N2O4.ClH/c1-22-29(35)25-13-8-12-24(31(25)37-30(22)23-10-4-3-5-11-23)27(34)15-9-17-32-18-20-33(21-19-32)26-14-6-7-16-28(26)36-2;/h3-8,10-14,16,27,34H,9,15,17-21H2,1-2H3;1H. The molecule has 0 spiro atoms. The van der Waals surface area contributed by atoms with Crippen LogP contribution in [0.4, 0.5) is 5.69 Å². The van der Waals surface area contributed by atoms with Crippen LogP contribution < -0.4 is 15.1 Å². The van der Waals surface area contributed by atoms with Gasteiger partial charge in [0, 0.05) is 42.9 Å². The molecule has 0 amide bonds. The summed E-state index contributed by atoms with van der Waals surface area (Å²) in [6, 6.07) is 23.3. The van der Waals surface area contributed by atoms with Gasteiger partial charge in [-0.15, -0.1) is 12.4 Å². The SMILES string of the molecule is COc1ccccc1N1CCN(CCCC(O)c2cccc3c(=O)c(C)c(-c4ccccc4)oc23)CC1.Cl. The van der Waals surface area contributed by atoms with Gasteiger partial charge < -0.3 is 19.2 Å². The maximum atomic E-state index is 13.1. The normalized spacial score (nSPS) is 14.8. The first-order valence-electron chi connectivity index (χ1n) is 13.0. The molecule has 2 heterocycles. The van der Waals surface area contributed by atoms with Gasteiger partial charge in [0.05, 0.1) is 24.3 Å². The van der Waals surface area contributed by atoms with E-state index in [9.17, 15) is 9.90 Å². The second-order valence-corrected chi connectivity index (χ2v) is 9.63. The summed E-state index contributed by atoms with van der Waals surface area (Å²) in [5, 5.41) is 11.6. The minimum Gasteiger partial charge on any atom is -0.495 e. The Kier molecular flexibility index (Phi) is 9.10. The van der Waals surface area contributed by atoms with Gasteiger partial charge in [0.1, 0.15) is 17.1 Å². The molecular formula is C31H35ClN2O4. The number of aliphatic hydroxyl groups excluding tert-OH is 1. The lowest BCUT2D eigenvalue weighted by atomic mass is 9.99. The largest absolute Gasteiger partial charge is 0.495 e. The smallest absolute Gasteiger partial charge is 0.196 e. The second-order valence-electron chi connectivity index (χ2n) is 9.63. The zero-order valence-electron chi connectivity index (χ0n) is 21.9. The van der Waals surface area contributed by atoms with E-state index in [4.69, 9.17) is 9.15 Å². The summed E-state index contributed by atoms with van der Waals surface area (Å²) in [5.41, 5.74) is 3.68. The first-order chi connectivity index (χ1) is 18.1. The summed E-state index contributed by atoms with van der Waals surface area (Å²) >= 11 is 0. The van der Waals surface area contributed by atoms with E-state index in [1.165, 1.54) is 0 Å². The maximum absolute atomic E-state index is 13.1. The Morgan fingerprint density at radius 2 is 1.66 bits per heavy atom. The summed E-state index contributed by atoms with van der Waals surface area (Å²) in [7, 11) is 1.71. The van der Waals surface area contributed by atoms with Gasteiger partial charge in [0.2, 0.25) is 0 Å². The van der Waals surface area contributed by atoms with Crippen LogP contribution >= 0.6 is 12.4 Å². The number of aliphatic hydroxyl groups is 1. The average molecular weight is 535 g/mol. The number of ether oxygens (including phenoxy) is 1. The fourth-order valence-electron chi connectivity index (χ4n) is 5.23. The molecule has 38 heavy (non-hydrogen) atoms. The number of methoxy groups -OCH3 is 1. The van der Waals surface area contributed by atoms with Crippen molar-refractivity contribution in [2.45, 2.75) is 25.9 Å². The molecule has 1 aromatic heterocycles. The van der Waals surface area contributed by atoms with E-state index >= 15 is 0 Å². The van der Waals surface area contributed by atoms with E-state index in [-0.39, 0.29) is 17.8 Å². The van der Waals surface area contributed by atoms with E-state index in [2.05, 4.69) is 15.9 Å². The zero-order valence-corrected chi connectivity index (χ0v) is 22.7. The minimum atomic E-state index is -0.701. The van der Waals surface area contributed by atoms with Crippen molar-refractivity contribution in [1.29, 1.82) is 0 Å². The van der Waals surface area contributed by atoms with Crippen LogP contribution in [0, 0.1) is 6.92 Å². The molecule has 1 saturated heterocycles. The van der Waals surface area contributed by atoms with E-state index in [1.807, 2.05) is 60.7 Å². The van der Waals surface area contributed by atoms with Crippen molar-refractivity contribution in [3.05, 3.63) is 94.1 Å². The average Bonchev–Trinajstić information content (AvgIpc) is 2.95. The molecule has 1 aliphatic heterocycles. The molecule has 0 bridgehead atoms. The summed E-state index contributed by atoms with van der Waals surface area (Å²) in [6.45, 7) is 6.54. The second kappa shape index (κ2) is 12.5. The van der Waals surface area contributed by atoms with Gasteiger partial charge in [-0.1, -0.05) is 54.6 Å². The lowest BCUT2D eigenvalue weighted by molar-refractivity contribution is 0.154. The number of hydrogen-bond donors (Lipinski definition) is 1. The van der Waals surface area contributed by atoms with Gasteiger partial charge in [0.15, 0.2) is 5.43 Å². The molecule has 0 aliphatic carbocycles. The van der Waals surface area contributed by atoms with Crippen molar-refractivity contribution in [1.82, 2.24) is 4.90 Å². The van der Waals surface area contributed by atoms with E-state index in [1.54, 1.807) is 20.1 Å². The number of halogens is 1. The highest BCUT2D eigenvalue weighted by Gasteiger charge is 2.21. The van der Waals surface area contributed by atoms with Crippen molar-refractivity contribution >= 4 is 29.1 Å². The summed E-state index contributed by atoms with van der Waals surface area (Å²) < 4.78 is 11.8. The first-order valence-corrected chi connectivity index (χ1v) is 13.0. The lowest BCUT2D eigenvalue weighted by Gasteiger charge is -2.36. The van der Waals surface area contributed by atoms with E-state index in [0.29, 0.717) is 34.3 Å². The van der Waals surface area contributed by atoms with Crippen molar-refractivity contribution in [3.8, 4) is 17.1 Å². The maximum Gasteiger partial charge on any atom is 0.196 e. The Hall–Kier alpha value is -3.32. The van der Waals surface area contributed by atoms with E-state index in [0.717, 1.165) is 56.1 Å². The molecule has 0 saturated carbocycles. The van der Waals surface area contributed by atoms with Crippen LogP contribution in [0.25, 0.3) is 22.3 Å². The number of hydrogen-bond acceptors (Lipinski definition) is 6. The molecule has 1 fully saturated rings. The third-order valence-electron chi connectivity index (χ3n) is 7.32. The fraction of sp³-hybridized carbons (Fsp3) is 0.323. The van der Waals surface area contributed by atoms with Crippen molar-refractivity contribution in [3.63, 3.8) is 0 Å². The predicted molar refractivity (Wildman–Crippen MR) is 156 cm³/mol. The molecule has 200 valence electrons. The monoisotopic (exact) mass is 534 g/mol. The van der Waals surface area contributed by atoms with Crippen LogP contribution in [0.1, 0.15) is 30.1 Å². The third kappa shape index (κ3) is 5.73. The summed E-state index contributed by atoms with van der Waals surface area (Å²) in [6.07, 6.45) is 0.755. The Morgan fingerprint density at radius 3 is 2.39 bits per heavy atom. The van der Waals surface area contributed by atoms with Gasteiger partial charge in [-0.2, -0.15) is 0 Å². The quantitative estimate of drug-likeness (QED) is 0.306. The Bertz CT molecular complexity index is 1410. The van der Waals surface area contributed by atoms with Gasteiger partial charge in [-0.25, -0.2) is 0 Å². The number of para-hydroxylation sites is 3. The Balaban J connectivity index is 0.00000336. The molecule has 1 N–H and O–H groups in total. The molecule has 1 atom stereocenters. The fourth-order valence-corrected chi connectivity index (χ4v) is 5.23. The molecule has 4 aromatic rings. The Labute approximate surface area is 229 Å². The highest BCUT2D eigenvalue weighted by Crippen LogP contribution is 2.32. The zero-order chi connectivity index (χ0) is 25.8. The third-order valence-corrected chi connectivity index (χ3v) is 7.32. The number of piperazine rings is 1. The number of benzene rings is 3. The van der Waals surface area contributed by atoms with Gasteiger partial charge in [-0.05, 0) is 44.5 Å². The highest BCUT2D eigenvalue weighted by atomic mass is 35.5. The van der Waals surface area contributed by atoms with Crippen molar-refractivity contribution in [2.75, 3.05) is 44.7 Å². The molecule has 0 radical (unpaired) electrons. The van der Waals surface area contributed by atoms with Crippen molar-refractivity contribution in [2.24, 2.45) is 0 Å². The molecule has 3 aromatic carbocycles. The molecule has 1 aliphatic rings. The predicted octanol–water partition coefficient (Wildman–Crippen LogP) is 5.83. The van der Waals surface area contributed by atoms with Gasteiger partial charge in [-0.3, -0.25) is 9.69 Å². The lowest BCUT2D eigenvalue weighted by Crippen LogP contribution is -2.46. The van der Waals surface area contributed by atoms with Crippen LogP contribution in [0.15, 0.2) is 82.0 Å². The molecular weight excluding hydrogens is 500 g/mol. The molecule has 5 rings (SSSR count). The summed E-state index contributed by atoms with van der Waals surface area (Å²) in [4.78, 5) is 17.9.